The quantitative estimate of drug-likeness (QED) is 0.644. The molecular formula is C8H13FO4. The van der Waals surface area contributed by atoms with Crippen LogP contribution in [0.4, 0.5) is 4.39 Å². The van der Waals surface area contributed by atoms with E-state index in [9.17, 15) is 4.39 Å². The SMILES string of the molecule is CC1(C)OC2OC(CO)C(F)C2O1. The minimum atomic E-state index is -1.31. The molecule has 2 saturated heterocycles. The van der Waals surface area contributed by atoms with Gasteiger partial charge < -0.3 is 19.3 Å². The number of ether oxygens (including phenoxy) is 3. The second-order valence-corrected chi connectivity index (χ2v) is 3.77. The normalized spacial score (nSPS) is 48.0. The molecule has 0 spiro atoms. The molecular weight excluding hydrogens is 179 g/mol. The van der Waals surface area contributed by atoms with E-state index in [2.05, 4.69) is 0 Å². The Balaban J connectivity index is 2.07. The predicted molar refractivity (Wildman–Crippen MR) is 40.7 cm³/mol. The average molecular weight is 192 g/mol. The highest BCUT2D eigenvalue weighted by molar-refractivity contribution is 4.92. The molecule has 0 aromatic rings. The Bertz CT molecular complexity index is 208. The fourth-order valence-electron chi connectivity index (χ4n) is 1.68. The molecule has 2 heterocycles. The second kappa shape index (κ2) is 2.88. The molecule has 4 atom stereocenters. The van der Waals surface area contributed by atoms with Crippen LogP contribution >= 0.6 is 0 Å². The summed E-state index contributed by atoms with van der Waals surface area (Å²) in [6.07, 6.45) is -3.50. The standard InChI is InChI=1S/C8H13FO4/c1-8(2)12-6-5(9)4(3-10)11-7(6)13-8/h4-7,10H,3H2,1-2H3. The van der Waals surface area contributed by atoms with Crippen LogP contribution in [0.15, 0.2) is 0 Å². The van der Waals surface area contributed by atoms with E-state index in [-0.39, 0.29) is 6.61 Å². The zero-order chi connectivity index (χ0) is 9.64. The lowest BCUT2D eigenvalue weighted by atomic mass is 10.2. The summed E-state index contributed by atoms with van der Waals surface area (Å²) >= 11 is 0. The van der Waals surface area contributed by atoms with Crippen LogP contribution in [0.25, 0.3) is 0 Å². The molecule has 1 N–H and O–H groups in total. The van der Waals surface area contributed by atoms with Gasteiger partial charge >= 0.3 is 0 Å². The minimum absolute atomic E-state index is 0.346. The molecule has 0 aromatic heterocycles. The van der Waals surface area contributed by atoms with Crippen molar-refractivity contribution in [3.8, 4) is 0 Å². The van der Waals surface area contributed by atoms with Crippen LogP contribution in [0.5, 0.6) is 0 Å². The number of fused-ring (bicyclic) bond motifs is 1. The van der Waals surface area contributed by atoms with Gasteiger partial charge in [-0.3, -0.25) is 0 Å². The van der Waals surface area contributed by atoms with Crippen LogP contribution in [-0.2, 0) is 14.2 Å². The topological polar surface area (TPSA) is 47.9 Å². The Morgan fingerprint density at radius 3 is 2.62 bits per heavy atom. The van der Waals surface area contributed by atoms with E-state index in [1.165, 1.54) is 0 Å². The van der Waals surface area contributed by atoms with Crippen LogP contribution < -0.4 is 0 Å². The van der Waals surface area contributed by atoms with Crippen LogP contribution in [0.1, 0.15) is 13.8 Å². The Morgan fingerprint density at radius 2 is 2.08 bits per heavy atom. The third-order valence-corrected chi connectivity index (χ3v) is 2.25. The highest BCUT2D eigenvalue weighted by Crippen LogP contribution is 2.38. The molecule has 76 valence electrons. The number of halogens is 1. The number of aliphatic hydroxyl groups excluding tert-OH is 1. The molecule has 0 bridgehead atoms. The molecule has 0 saturated carbocycles. The van der Waals surface area contributed by atoms with E-state index < -0.39 is 30.5 Å². The van der Waals surface area contributed by atoms with Gasteiger partial charge in [0.15, 0.2) is 18.2 Å². The lowest BCUT2D eigenvalue weighted by Gasteiger charge is -2.20. The number of rotatable bonds is 1. The largest absolute Gasteiger partial charge is 0.394 e. The van der Waals surface area contributed by atoms with Gasteiger partial charge in [0.1, 0.15) is 12.2 Å². The Morgan fingerprint density at radius 1 is 1.38 bits per heavy atom. The van der Waals surface area contributed by atoms with Crippen molar-refractivity contribution in [3.63, 3.8) is 0 Å². The van der Waals surface area contributed by atoms with E-state index in [0.717, 1.165) is 0 Å². The smallest absolute Gasteiger partial charge is 0.190 e. The lowest BCUT2D eigenvalue weighted by molar-refractivity contribution is -0.214. The van der Waals surface area contributed by atoms with Crippen molar-refractivity contribution in [3.05, 3.63) is 0 Å². The third-order valence-electron chi connectivity index (χ3n) is 2.25. The molecule has 2 fully saturated rings. The van der Waals surface area contributed by atoms with Gasteiger partial charge in [0.25, 0.3) is 0 Å². The summed E-state index contributed by atoms with van der Waals surface area (Å²) in [5, 5.41) is 8.75. The highest BCUT2D eigenvalue weighted by atomic mass is 19.1. The molecule has 0 amide bonds. The van der Waals surface area contributed by atoms with Crippen LogP contribution in [-0.4, -0.2) is 42.2 Å². The molecule has 13 heavy (non-hydrogen) atoms. The molecule has 0 aliphatic carbocycles. The fraction of sp³-hybridized carbons (Fsp3) is 1.00. The van der Waals surface area contributed by atoms with Gasteiger partial charge in [-0.15, -0.1) is 0 Å². The van der Waals surface area contributed by atoms with Gasteiger partial charge in [-0.2, -0.15) is 0 Å². The van der Waals surface area contributed by atoms with Crippen molar-refractivity contribution in [1.29, 1.82) is 0 Å². The summed E-state index contributed by atoms with van der Waals surface area (Å²) in [7, 11) is 0. The van der Waals surface area contributed by atoms with Crippen LogP contribution in [0.2, 0.25) is 0 Å². The van der Waals surface area contributed by atoms with Gasteiger partial charge in [0.05, 0.1) is 6.61 Å². The minimum Gasteiger partial charge on any atom is -0.394 e. The summed E-state index contributed by atoms with van der Waals surface area (Å²) in [5.41, 5.74) is 0. The van der Waals surface area contributed by atoms with E-state index in [0.29, 0.717) is 0 Å². The Hall–Kier alpha value is -0.230. The van der Waals surface area contributed by atoms with Gasteiger partial charge in [0.2, 0.25) is 0 Å². The van der Waals surface area contributed by atoms with Gasteiger partial charge in [-0.1, -0.05) is 0 Å². The summed E-state index contributed by atoms with van der Waals surface area (Å²) in [6.45, 7) is 3.06. The lowest BCUT2D eigenvalue weighted by Crippen LogP contribution is -2.33. The van der Waals surface area contributed by atoms with Gasteiger partial charge in [-0.05, 0) is 13.8 Å². The van der Waals surface area contributed by atoms with E-state index in [4.69, 9.17) is 19.3 Å². The molecule has 0 aromatic carbocycles. The molecule has 5 heteroatoms. The van der Waals surface area contributed by atoms with Crippen molar-refractivity contribution in [1.82, 2.24) is 0 Å². The molecule has 4 nitrogen and oxygen atoms in total. The number of hydrogen-bond donors (Lipinski definition) is 1. The monoisotopic (exact) mass is 192 g/mol. The van der Waals surface area contributed by atoms with Crippen LogP contribution in [0.3, 0.4) is 0 Å². The fourth-order valence-corrected chi connectivity index (χ4v) is 1.68. The number of alkyl halides is 1. The zero-order valence-electron chi connectivity index (χ0n) is 7.57. The first-order valence-electron chi connectivity index (χ1n) is 4.29. The second-order valence-electron chi connectivity index (χ2n) is 3.77. The van der Waals surface area contributed by atoms with Crippen LogP contribution in [0, 0.1) is 0 Å². The summed E-state index contributed by atoms with van der Waals surface area (Å²) in [6, 6.07) is 0. The summed E-state index contributed by atoms with van der Waals surface area (Å²) in [5.74, 6) is -0.792. The first kappa shape index (κ1) is 9.33. The number of aliphatic hydroxyl groups is 1. The maximum Gasteiger partial charge on any atom is 0.190 e. The molecule has 4 unspecified atom stereocenters. The van der Waals surface area contributed by atoms with Crippen molar-refractivity contribution in [2.75, 3.05) is 6.61 Å². The van der Waals surface area contributed by atoms with Crippen molar-refractivity contribution in [2.45, 2.75) is 44.3 Å². The maximum absolute atomic E-state index is 13.4. The van der Waals surface area contributed by atoms with E-state index >= 15 is 0 Å². The first-order chi connectivity index (χ1) is 6.03. The molecule has 2 aliphatic rings. The Labute approximate surface area is 75.6 Å². The zero-order valence-corrected chi connectivity index (χ0v) is 7.57. The highest BCUT2D eigenvalue weighted by Gasteiger charge is 2.54. The third kappa shape index (κ3) is 1.46. The average Bonchev–Trinajstić information content (AvgIpc) is 2.47. The van der Waals surface area contributed by atoms with Crippen molar-refractivity contribution < 1.29 is 23.7 Å². The molecule has 2 rings (SSSR count). The summed E-state index contributed by atoms with van der Waals surface area (Å²) < 4.78 is 29.1. The maximum atomic E-state index is 13.4. The Kier molecular flexibility index (Phi) is 2.07. The molecule has 0 radical (unpaired) electrons. The molecule has 2 aliphatic heterocycles. The van der Waals surface area contributed by atoms with Crippen molar-refractivity contribution >= 4 is 0 Å². The summed E-state index contributed by atoms with van der Waals surface area (Å²) in [4.78, 5) is 0. The van der Waals surface area contributed by atoms with E-state index in [1.807, 2.05) is 0 Å². The van der Waals surface area contributed by atoms with E-state index in [1.54, 1.807) is 13.8 Å². The number of hydrogen-bond acceptors (Lipinski definition) is 4. The first-order valence-corrected chi connectivity index (χ1v) is 4.29. The van der Waals surface area contributed by atoms with Gasteiger partial charge in [0, 0.05) is 0 Å². The van der Waals surface area contributed by atoms with Gasteiger partial charge in [-0.25, -0.2) is 4.39 Å². The predicted octanol–water partition coefficient (Wildman–Crippen LogP) is 0.193. The van der Waals surface area contributed by atoms with Crippen molar-refractivity contribution in [2.24, 2.45) is 0 Å².